The molecule has 104 valence electrons. The molecule has 0 aliphatic rings. The monoisotopic (exact) mass is 301 g/mol. The van der Waals surface area contributed by atoms with Gasteiger partial charge in [0.1, 0.15) is 5.82 Å². The quantitative estimate of drug-likeness (QED) is 0.857. The van der Waals surface area contributed by atoms with Crippen molar-refractivity contribution in [2.24, 2.45) is 0 Å². The first kappa shape index (κ1) is 14.2. The third-order valence-electron chi connectivity index (χ3n) is 2.53. The van der Waals surface area contributed by atoms with E-state index in [0.717, 1.165) is 12.1 Å². The average Bonchev–Trinajstić information content (AvgIpc) is 2.36. The Labute approximate surface area is 116 Å². The van der Waals surface area contributed by atoms with Gasteiger partial charge in [-0.25, -0.2) is 18.0 Å². The van der Waals surface area contributed by atoms with Crippen molar-refractivity contribution in [1.29, 1.82) is 0 Å². The van der Waals surface area contributed by atoms with Gasteiger partial charge in [0, 0.05) is 11.6 Å². The van der Waals surface area contributed by atoms with Gasteiger partial charge in [-0.3, -0.25) is 5.32 Å². The van der Waals surface area contributed by atoms with Crippen molar-refractivity contribution in [3.05, 3.63) is 52.8 Å². The Kier molecular flexibility index (Phi) is 3.85. The Morgan fingerprint density at radius 3 is 2.30 bits per heavy atom. The third kappa shape index (κ3) is 2.85. The van der Waals surface area contributed by atoms with Crippen molar-refractivity contribution in [3.8, 4) is 11.1 Å². The number of anilines is 1. The van der Waals surface area contributed by atoms with Crippen LogP contribution in [-0.4, -0.2) is 11.2 Å². The number of hydrogen-bond acceptors (Lipinski definition) is 1. The van der Waals surface area contributed by atoms with E-state index in [1.54, 1.807) is 0 Å². The Bertz CT molecular complexity index is 692. The number of carbonyl (C=O) groups is 1. The Hall–Kier alpha value is -2.21. The standard InChI is InChI=1S/C13H7ClF3NO2/c14-8-3-6(1-2-9(8)15)7-4-10(16)11(17)5-12(7)18-13(19)20/h1-5,18H,(H,19,20). The van der Waals surface area contributed by atoms with E-state index in [-0.39, 0.29) is 21.8 Å². The minimum absolute atomic E-state index is 0.0493. The highest BCUT2D eigenvalue weighted by Crippen LogP contribution is 2.32. The SMILES string of the molecule is O=C(O)Nc1cc(F)c(F)cc1-c1ccc(F)c(Cl)c1. The summed E-state index contributed by atoms with van der Waals surface area (Å²) in [7, 11) is 0. The van der Waals surface area contributed by atoms with E-state index in [9.17, 15) is 18.0 Å². The summed E-state index contributed by atoms with van der Waals surface area (Å²) in [5.74, 6) is -3.03. The largest absolute Gasteiger partial charge is 0.465 e. The highest BCUT2D eigenvalue weighted by molar-refractivity contribution is 6.31. The molecule has 0 fully saturated rings. The summed E-state index contributed by atoms with van der Waals surface area (Å²) in [6.45, 7) is 0. The molecule has 3 nitrogen and oxygen atoms in total. The number of hydrogen-bond donors (Lipinski definition) is 2. The fraction of sp³-hybridized carbons (Fsp3) is 0. The Morgan fingerprint density at radius 1 is 1.05 bits per heavy atom. The van der Waals surface area contributed by atoms with E-state index in [1.165, 1.54) is 12.1 Å². The number of halogens is 4. The molecule has 0 aromatic heterocycles. The minimum Gasteiger partial charge on any atom is -0.465 e. The second kappa shape index (κ2) is 5.42. The molecule has 1 amide bonds. The van der Waals surface area contributed by atoms with Crippen LogP contribution in [0.2, 0.25) is 5.02 Å². The molecule has 2 aromatic rings. The summed E-state index contributed by atoms with van der Waals surface area (Å²) in [5, 5.41) is 10.4. The molecular weight excluding hydrogens is 295 g/mol. The van der Waals surface area contributed by atoms with Gasteiger partial charge in [-0.2, -0.15) is 0 Å². The molecule has 0 saturated heterocycles. The van der Waals surface area contributed by atoms with Crippen LogP contribution in [0.5, 0.6) is 0 Å². The summed E-state index contributed by atoms with van der Waals surface area (Å²) in [6.07, 6.45) is -1.44. The van der Waals surface area contributed by atoms with Gasteiger partial charge >= 0.3 is 6.09 Å². The van der Waals surface area contributed by atoms with Crippen LogP contribution in [0.3, 0.4) is 0 Å². The van der Waals surface area contributed by atoms with Crippen LogP contribution in [0.4, 0.5) is 23.7 Å². The van der Waals surface area contributed by atoms with Gasteiger partial charge in [0.15, 0.2) is 11.6 Å². The molecule has 0 aliphatic heterocycles. The average molecular weight is 302 g/mol. The number of benzene rings is 2. The third-order valence-corrected chi connectivity index (χ3v) is 2.82. The molecule has 20 heavy (non-hydrogen) atoms. The fourth-order valence-corrected chi connectivity index (χ4v) is 1.85. The lowest BCUT2D eigenvalue weighted by molar-refractivity contribution is 0.209. The molecule has 0 spiro atoms. The van der Waals surface area contributed by atoms with Gasteiger partial charge in [-0.05, 0) is 23.8 Å². The molecular formula is C13H7ClF3NO2. The second-order valence-electron chi connectivity index (χ2n) is 3.87. The normalized spacial score (nSPS) is 10.4. The van der Waals surface area contributed by atoms with E-state index < -0.39 is 23.5 Å². The van der Waals surface area contributed by atoms with E-state index in [1.807, 2.05) is 5.32 Å². The van der Waals surface area contributed by atoms with Crippen molar-refractivity contribution in [2.75, 3.05) is 5.32 Å². The molecule has 0 bridgehead atoms. The first-order valence-corrected chi connectivity index (χ1v) is 5.70. The van der Waals surface area contributed by atoms with Gasteiger partial charge in [0.25, 0.3) is 0 Å². The van der Waals surface area contributed by atoms with Crippen molar-refractivity contribution in [2.45, 2.75) is 0 Å². The van der Waals surface area contributed by atoms with Crippen LogP contribution in [0.15, 0.2) is 30.3 Å². The summed E-state index contributed by atoms with van der Waals surface area (Å²) in [6, 6.07) is 5.03. The van der Waals surface area contributed by atoms with E-state index in [4.69, 9.17) is 16.7 Å². The Morgan fingerprint density at radius 2 is 1.70 bits per heavy atom. The molecule has 0 heterocycles. The van der Waals surface area contributed by atoms with Crippen molar-refractivity contribution >= 4 is 23.4 Å². The molecule has 0 saturated carbocycles. The van der Waals surface area contributed by atoms with Crippen molar-refractivity contribution in [1.82, 2.24) is 0 Å². The smallest absolute Gasteiger partial charge is 0.409 e. The van der Waals surface area contributed by atoms with E-state index in [0.29, 0.717) is 6.07 Å². The fourth-order valence-electron chi connectivity index (χ4n) is 1.67. The lowest BCUT2D eigenvalue weighted by Gasteiger charge is -2.11. The molecule has 0 atom stereocenters. The lowest BCUT2D eigenvalue weighted by atomic mass is 10.0. The summed E-state index contributed by atoms with van der Waals surface area (Å²) in [4.78, 5) is 10.7. The maximum atomic E-state index is 13.3. The molecule has 7 heteroatoms. The Balaban J connectivity index is 2.61. The summed E-state index contributed by atoms with van der Waals surface area (Å²) < 4.78 is 39.6. The minimum atomic E-state index is -1.44. The number of amides is 1. The lowest BCUT2D eigenvalue weighted by Crippen LogP contribution is -2.09. The molecule has 0 unspecified atom stereocenters. The topological polar surface area (TPSA) is 49.3 Å². The zero-order chi connectivity index (χ0) is 14.9. The van der Waals surface area contributed by atoms with Crippen LogP contribution in [0.25, 0.3) is 11.1 Å². The number of carboxylic acid groups (broad SMARTS) is 1. The highest BCUT2D eigenvalue weighted by atomic mass is 35.5. The van der Waals surface area contributed by atoms with Gasteiger partial charge in [0.05, 0.1) is 10.7 Å². The van der Waals surface area contributed by atoms with Gasteiger partial charge in [-0.1, -0.05) is 17.7 Å². The van der Waals surface area contributed by atoms with Crippen LogP contribution < -0.4 is 5.32 Å². The number of rotatable bonds is 2. The van der Waals surface area contributed by atoms with Crippen LogP contribution in [-0.2, 0) is 0 Å². The zero-order valence-corrected chi connectivity index (χ0v) is 10.5. The van der Waals surface area contributed by atoms with E-state index >= 15 is 0 Å². The first-order chi connectivity index (χ1) is 9.38. The first-order valence-electron chi connectivity index (χ1n) is 5.33. The zero-order valence-electron chi connectivity index (χ0n) is 9.75. The predicted molar refractivity (Wildman–Crippen MR) is 68.4 cm³/mol. The molecule has 2 aromatic carbocycles. The summed E-state index contributed by atoms with van der Waals surface area (Å²) >= 11 is 5.61. The molecule has 0 aliphatic carbocycles. The van der Waals surface area contributed by atoms with Gasteiger partial charge in [0.2, 0.25) is 0 Å². The van der Waals surface area contributed by atoms with Crippen molar-refractivity contribution < 1.29 is 23.1 Å². The molecule has 2 rings (SSSR count). The second-order valence-corrected chi connectivity index (χ2v) is 4.28. The van der Waals surface area contributed by atoms with Crippen LogP contribution in [0, 0.1) is 17.5 Å². The maximum absolute atomic E-state index is 13.3. The number of nitrogens with one attached hydrogen (secondary N) is 1. The van der Waals surface area contributed by atoms with E-state index in [2.05, 4.69) is 0 Å². The van der Waals surface area contributed by atoms with Gasteiger partial charge in [-0.15, -0.1) is 0 Å². The molecule has 0 radical (unpaired) electrons. The van der Waals surface area contributed by atoms with Gasteiger partial charge < -0.3 is 5.11 Å². The highest BCUT2D eigenvalue weighted by Gasteiger charge is 2.14. The predicted octanol–water partition coefficient (Wildman–Crippen LogP) is 4.51. The summed E-state index contributed by atoms with van der Waals surface area (Å²) in [5.41, 5.74) is 0.131. The maximum Gasteiger partial charge on any atom is 0.409 e. The van der Waals surface area contributed by atoms with Crippen LogP contribution >= 0.6 is 11.6 Å². The van der Waals surface area contributed by atoms with Crippen molar-refractivity contribution in [3.63, 3.8) is 0 Å². The van der Waals surface area contributed by atoms with Crippen LogP contribution in [0.1, 0.15) is 0 Å². The molecule has 2 N–H and O–H groups in total.